The van der Waals surface area contributed by atoms with Crippen molar-refractivity contribution in [3.63, 3.8) is 0 Å². The van der Waals surface area contributed by atoms with E-state index in [4.69, 9.17) is 28.4 Å². The molecule has 0 fully saturated rings. The van der Waals surface area contributed by atoms with Crippen LogP contribution < -0.4 is 28.4 Å². The molecular weight excluding hydrogens is 1800 g/mol. The molecule has 0 aromatic heterocycles. The first-order chi connectivity index (χ1) is 58.8. The zero-order chi connectivity index (χ0) is 90.5. The summed E-state index contributed by atoms with van der Waals surface area (Å²) in [6.45, 7) is 12.3. The van der Waals surface area contributed by atoms with E-state index in [-0.39, 0.29) is 107 Å². The fourth-order valence-electron chi connectivity index (χ4n) is 12.6. The van der Waals surface area contributed by atoms with E-state index in [0.29, 0.717) is 51.5 Å². The Morgan fingerprint density at radius 3 is 0.504 bits per heavy atom. The van der Waals surface area contributed by atoms with Gasteiger partial charge in [0, 0.05) is 30.4 Å². The number of aryl methyl sites for hydroxylation is 4. The van der Waals surface area contributed by atoms with Crippen LogP contribution in [0.1, 0.15) is 118 Å². The maximum atomic E-state index is 14.5. The fourth-order valence-corrected chi connectivity index (χ4v) is 16.4. The first kappa shape index (κ1) is 114. The Balaban J connectivity index is 0.000000459. The molecule has 0 spiro atoms. The van der Waals surface area contributed by atoms with Crippen LogP contribution in [-0.2, 0) is 60.0 Å². The summed E-state index contributed by atoms with van der Waals surface area (Å²) in [6.07, 6.45) is -6.99. The Kier molecular flexibility index (Phi) is 40.9. The number of hydrogen-bond donors (Lipinski definition) is 0. The molecule has 710 valence electrons. The van der Waals surface area contributed by atoms with Gasteiger partial charge in [0.15, 0.2) is 39.3 Å². The summed E-state index contributed by atoms with van der Waals surface area (Å²) in [5.74, 6) is 5.66. The van der Waals surface area contributed by atoms with Crippen molar-refractivity contribution in [1.82, 2.24) is 0 Å². The molecule has 27 heteroatoms. The molecule has 0 unspecified atom stereocenters. The zero-order valence-corrected chi connectivity index (χ0v) is 73.3. The highest BCUT2D eigenvalue weighted by atomic mass is 32.2. The van der Waals surface area contributed by atoms with E-state index < -0.39 is 78.1 Å². The standard InChI is InChI=1S/C29H22F6O4S.C29H28O4S.C26H22O5S2.C14H14O3S.8CH4/c1-19-3-9-22(10-4-19)38-23-11-5-20(6-12-23)27(28(30,31)32,29(33,34)35)21-7-13-24(14-8-21)39-25-15-17-26(18-16-25)40(2,36)37;1-21-5-11-24(12-6-21)32-25-13-7-22(8-14-25)29(2,3)23-9-15-26(16-10-23)33-27-17-19-28(20-18-27)34(4,30)31;1-19-3-5-20(6-4-19)21-7-13-25(14-8-21)33(29,30)26-17-11-23(12-18-26)31-22-9-15-24(16-10-22)32(2,27)28;1-11-3-5-12(6-4-11)17-13-7-9-14(10-8-13)18(2,15)16;;;;;;;;/h3-18H,1-2H3;5-20H,1-4H3;3-18H,1-2H3;3-10H,1-2H3;8*1H4. The topological polar surface area (TPSA) is 226 Å². The highest BCUT2D eigenvalue weighted by Crippen LogP contribution is 2.57. The molecule has 0 aliphatic rings. The summed E-state index contributed by atoms with van der Waals surface area (Å²) in [5.41, 5.74) is 2.13. The van der Waals surface area contributed by atoms with Crippen molar-refractivity contribution in [3.8, 4) is 80.1 Å². The van der Waals surface area contributed by atoms with Crippen molar-refractivity contribution in [2.24, 2.45) is 0 Å². The zero-order valence-electron chi connectivity index (χ0n) is 69.2. The normalized spacial score (nSPS) is 11.3. The third kappa shape index (κ3) is 30.1. The lowest BCUT2D eigenvalue weighted by molar-refractivity contribution is -0.288. The quantitative estimate of drug-likeness (QED) is 0.0543. The van der Waals surface area contributed by atoms with Crippen molar-refractivity contribution < 1.29 is 96.9 Å². The molecule has 0 N–H and O–H groups in total. The first-order valence-corrected chi connectivity index (χ1v) is 47.4. The van der Waals surface area contributed by atoms with Gasteiger partial charge in [-0.2, -0.15) is 26.3 Å². The highest BCUT2D eigenvalue weighted by Gasteiger charge is 2.72. The van der Waals surface area contributed by atoms with Gasteiger partial charge in [0.05, 0.1) is 29.4 Å². The third-order valence-corrected chi connectivity index (χ3v) is 26.0. The van der Waals surface area contributed by atoms with Crippen LogP contribution in [0.4, 0.5) is 26.3 Å². The van der Waals surface area contributed by atoms with Gasteiger partial charge in [-0.15, -0.1) is 0 Å². The van der Waals surface area contributed by atoms with E-state index in [1.165, 1.54) is 72.2 Å². The van der Waals surface area contributed by atoms with E-state index in [1.54, 1.807) is 121 Å². The Hall–Kier alpha value is -12.8. The van der Waals surface area contributed by atoms with Crippen LogP contribution in [0.5, 0.6) is 69.0 Å². The lowest BCUT2D eigenvalue weighted by Crippen LogP contribution is -2.54. The molecule has 133 heavy (non-hydrogen) atoms. The summed E-state index contributed by atoms with van der Waals surface area (Å²) in [7, 11) is -16.8. The summed E-state index contributed by atoms with van der Waals surface area (Å²) in [6, 6.07) is 90.5. The minimum Gasteiger partial charge on any atom is -0.457 e. The van der Waals surface area contributed by atoms with Crippen molar-refractivity contribution >= 4 is 49.2 Å². The Morgan fingerprint density at radius 2 is 0.331 bits per heavy atom. The molecule has 0 amide bonds. The van der Waals surface area contributed by atoms with Crippen LogP contribution in [0.3, 0.4) is 0 Å². The second kappa shape index (κ2) is 47.5. The van der Waals surface area contributed by atoms with Gasteiger partial charge in [-0.1, -0.05) is 217 Å². The van der Waals surface area contributed by atoms with Crippen molar-refractivity contribution in [1.29, 1.82) is 0 Å². The average molecular weight is 1920 g/mol. The third-order valence-electron chi connectivity index (χ3n) is 19.7. The summed E-state index contributed by atoms with van der Waals surface area (Å²) in [5, 5.41) is 0. The van der Waals surface area contributed by atoms with Crippen LogP contribution in [0.15, 0.2) is 369 Å². The maximum Gasteiger partial charge on any atom is 0.411 e. The van der Waals surface area contributed by atoms with E-state index in [9.17, 15) is 68.4 Å². The SMILES string of the molecule is C.C.C.C.C.C.C.C.Cc1ccc(-c2ccc(S(=O)(=O)c3ccc(Oc4ccc(S(C)(=O)=O)cc4)cc3)cc2)cc1.Cc1ccc(Oc2ccc(C(C)(C)c3ccc(Oc4ccc(S(C)(=O)=O)cc4)cc3)cc2)cc1.Cc1ccc(Oc2ccc(C(c3ccc(Oc4ccc(S(C)(=O)=O)cc4)cc3)(C(F)(F)F)C(F)(F)F)cc2)cc1.Cc1ccc(Oc2ccc(S(C)(=O)=O)cc2)cc1. The molecular formula is C106H118F6O16S5. The van der Waals surface area contributed by atoms with Crippen LogP contribution in [0.25, 0.3) is 11.1 Å². The van der Waals surface area contributed by atoms with Crippen LogP contribution in [0, 0.1) is 27.7 Å². The molecule has 0 saturated carbocycles. The lowest BCUT2D eigenvalue weighted by Gasteiger charge is -2.38. The molecule has 0 aliphatic carbocycles. The Morgan fingerprint density at radius 1 is 0.195 bits per heavy atom. The number of ether oxygens (including phenoxy) is 6. The summed E-state index contributed by atoms with van der Waals surface area (Å²) in [4.78, 5) is 1.15. The van der Waals surface area contributed by atoms with Crippen LogP contribution >= 0.6 is 0 Å². The first-order valence-electron chi connectivity index (χ1n) is 38.4. The van der Waals surface area contributed by atoms with Gasteiger partial charge in [-0.05, 0) is 279 Å². The molecule has 0 saturated heterocycles. The molecule has 0 atom stereocenters. The predicted octanol–water partition coefficient (Wildman–Crippen LogP) is 29.7. The molecule has 14 aromatic rings. The second-order valence-corrected chi connectivity index (χ2v) is 39.9. The predicted molar refractivity (Wildman–Crippen MR) is 525 cm³/mol. The lowest BCUT2D eigenvalue weighted by atomic mass is 9.73. The van der Waals surface area contributed by atoms with Crippen LogP contribution in [-0.4, -0.2) is 79.5 Å². The Labute approximate surface area is 783 Å². The monoisotopic (exact) mass is 1920 g/mol. The Bertz CT molecular complexity index is 6600. The minimum atomic E-state index is -5.76. The van der Waals surface area contributed by atoms with Gasteiger partial charge in [-0.25, -0.2) is 42.1 Å². The van der Waals surface area contributed by atoms with Crippen molar-refractivity contribution in [3.05, 3.63) is 384 Å². The molecule has 0 aliphatic heterocycles. The number of rotatable bonds is 23. The van der Waals surface area contributed by atoms with Gasteiger partial charge in [0.25, 0.3) is 0 Å². The fraction of sp³-hybridized carbons (Fsp3) is 0.208. The maximum absolute atomic E-state index is 14.5. The molecule has 14 rings (SSSR count). The molecule has 16 nitrogen and oxygen atoms in total. The minimum absolute atomic E-state index is 0. The summed E-state index contributed by atoms with van der Waals surface area (Å²) >= 11 is 0. The van der Waals surface area contributed by atoms with Gasteiger partial charge in [0.1, 0.15) is 69.0 Å². The number of sulfone groups is 5. The van der Waals surface area contributed by atoms with E-state index >= 15 is 0 Å². The largest absolute Gasteiger partial charge is 0.457 e. The number of benzene rings is 14. The molecule has 0 radical (unpaired) electrons. The van der Waals surface area contributed by atoms with Gasteiger partial charge in [-0.3, -0.25) is 0 Å². The number of hydrogen-bond acceptors (Lipinski definition) is 16. The van der Waals surface area contributed by atoms with Gasteiger partial charge < -0.3 is 28.4 Å². The van der Waals surface area contributed by atoms with Gasteiger partial charge >= 0.3 is 12.4 Å². The molecule has 0 bridgehead atoms. The van der Waals surface area contributed by atoms with E-state index in [1.807, 2.05) is 118 Å². The second-order valence-electron chi connectivity index (χ2n) is 29.9. The van der Waals surface area contributed by atoms with Crippen molar-refractivity contribution in [2.75, 3.05) is 25.0 Å². The van der Waals surface area contributed by atoms with E-state index in [2.05, 4.69) is 45.0 Å². The average Bonchev–Trinajstić information content (AvgIpc) is 0.714. The smallest absolute Gasteiger partial charge is 0.411 e. The summed E-state index contributed by atoms with van der Waals surface area (Å²) < 4.78 is 239. The van der Waals surface area contributed by atoms with Gasteiger partial charge in [0.2, 0.25) is 15.3 Å². The van der Waals surface area contributed by atoms with Crippen molar-refractivity contribution in [2.45, 2.75) is 154 Å². The number of halogens is 6. The molecule has 14 aromatic carbocycles. The molecule has 0 heterocycles. The number of alkyl halides is 6. The van der Waals surface area contributed by atoms with Crippen LogP contribution in [0.2, 0.25) is 0 Å². The highest BCUT2D eigenvalue weighted by molar-refractivity contribution is 7.92. The van der Waals surface area contributed by atoms with E-state index in [0.717, 1.165) is 99.5 Å².